The van der Waals surface area contributed by atoms with Gasteiger partial charge in [-0.1, -0.05) is 27.2 Å². The molecule has 3 nitrogen and oxygen atoms in total. The Morgan fingerprint density at radius 3 is 2.36 bits per heavy atom. The fraction of sp³-hybridized carbons (Fsp3) is 0.875. The number of amides is 1. The molecule has 1 amide bonds. The quantitative estimate of drug-likeness (QED) is 0.365. The summed E-state index contributed by atoms with van der Waals surface area (Å²) < 4.78 is 0. The molecule has 0 saturated carbocycles. The molecule has 0 spiro atoms. The molecule has 0 rings (SSSR count). The van der Waals surface area contributed by atoms with Crippen LogP contribution in [0.25, 0.3) is 0 Å². The molecule has 0 bridgehead atoms. The Bertz CT molecular complexity index is 123. The fourth-order valence-electron chi connectivity index (χ4n) is 1.19. The zero-order chi connectivity index (χ0) is 8.85. The molecule has 0 heterocycles. The molecule has 0 aromatic rings. The van der Waals surface area contributed by atoms with Gasteiger partial charge in [0.05, 0.1) is 0 Å². The maximum atomic E-state index is 11.1. The second kappa shape index (κ2) is 5.13. The summed E-state index contributed by atoms with van der Waals surface area (Å²) in [7, 11) is 0. The second-order valence-electron chi connectivity index (χ2n) is 3.15. The standard InChI is InChI=1S/C8H18N2O/c1-4-5-7(6(2)3)8(11)10-9/h6-7H,4-5,9H2,1-3H3,(H,10,11). The Hall–Kier alpha value is -0.570. The predicted molar refractivity (Wildman–Crippen MR) is 45.6 cm³/mol. The van der Waals surface area contributed by atoms with Gasteiger partial charge in [-0.15, -0.1) is 0 Å². The first-order valence-corrected chi connectivity index (χ1v) is 4.13. The van der Waals surface area contributed by atoms with Crippen molar-refractivity contribution in [2.45, 2.75) is 33.6 Å². The summed E-state index contributed by atoms with van der Waals surface area (Å²) in [5, 5.41) is 0. The van der Waals surface area contributed by atoms with Crippen LogP contribution in [0.5, 0.6) is 0 Å². The lowest BCUT2D eigenvalue weighted by Gasteiger charge is -2.17. The molecule has 11 heavy (non-hydrogen) atoms. The van der Waals surface area contributed by atoms with E-state index in [1.165, 1.54) is 0 Å². The van der Waals surface area contributed by atoms with Crippen LogP contribution < -0.4 is 11.3 Å². The van der Waals surface area contributed by atoms with E-state index < -0.39 is 0 Å². The van der Waals surface area contributed by atoms with Gasteiger partial charge in [-0.25, -0.2) is 5.84 Å². The summed E-state index contributed by atoms with van der Waals surface area (Å²) in [6, 6.07) is 0. The van der Waals surface area contributed by atoms with Crippen LogP contribution in [0.3, 0.4) is 0 Å². The maximum Gasteiger partial charge on any atom is 0.237 e. The number of carbonyl (C=O) groups excluding carboxylic acids is 1. The zero-order valence-corrected chi connectivity index (χ0v) is 7.55. The maximum absolute atomic E-state index is 11.1. The summed E-state index contributed by atoms with van der Waals surface area (Å²) in [6.07, 6.45) is 1.94. The van der Waals surface area contributed by atoms with Gasteiger partial charge in [0, 0.05) is 5.92 Å². The van der Waals surface area contributed by atoms with Gasteiger partial charge in [-0.2, -0.15) is 0 Å². The van der Waals surface area contributed by atoms with E-state index in [0.29, 0.717) is 5.92 Å². The molecular weight excluding hydrogens is 140 g/mol. The van der Waals surface area contributed by atoms with Crippen molar-refractivity contribution < 1.29 is 4.79 Å². The van der Waals surface area contributed by atoms with E-state index in [2.05, 4.69) is 12.3 Å². The van der Waals surface area contributed by atoms with Gasteiger partial charge in [0.1, 0.15) is 0 Å². The normalized spacial score (nSPS) is 13.2. The summed E-state index contributed by atoms with van der Waals surface area (Å²) in [6.45, 7) is 6.14. The molecule has 66 valence electrons. The van der Waals surface area contributed by atoms with E-state index in [0.717, 1.165) is 12.8 Å². The lowest BCUT2D eigenvalue weighted by atomic mass is 9.91. The number of hydrogen-bond donors (Lipinski definition) is 2. The minimum atomic E-state index is -0.0400. The third-order valence-corrected chi connectivity index (χ3v) is 1.88. The van der Waals surface area contributed by atoms with E-state index in [4.69, 9.17) is 5.84 Å². The Morgan fingerprint density at radius 2 is 2.09 bits per heavy atom. The number of carbonyl (C=O) groups is 1. The molecule has 0 aromatic carbocycles. The minimum absolute atomic E-state index is 0.0400. The lowest BCUT2D eigenvalue weighted by molar-refractivity contribution is -0.126. The van der Waals surface area contributed by atoms with Crippen LogP contribution in [0.2, 0.25) is 0 Å². The summed E-state index contributed by atoms with van der Waals surface area (Å²) in [5.41, 5.74) is 2.19. The van der Waals surface area contributed by atoms with Crippen molar-refractivity contribution >= 4 is 5.91 Å². The Balaban J connectivity index is 3.98. The number of nitrogens with one attached hydrogen (secondary N) is 1. The van der Waals surface area contributed by atoms with Crippen LogP contribution in [0.15, 0.2) is 0 Å². The van der Waals surface area contributed by atoms with E-state index in [1.54, 1.807) is 0 Å². The molecular formula is C8H18N2O. The Kier molecular flexibility index (Phi) is 4.86. The molecule has 0 aliphatic heterocycles. The number of hydrazine groups is 1. The monoisotopic (exact) mass is 158 g/mol. The molecule has 0 aliphatic carbocycles. The van der Waals surface area contributed by atoms with E-state index in [9.17, 15) is 4.79 Å². The number of hydrogen-bond acceptors (Lipinski definition) is 2. The van der Waals surface area contributed by atoms with Crippen LogP contribution in [0.1, 0.15) is 33.6 Å². The number of nitrogens with two attached hydrogens (primary N) is 1. The second-order valence-corrected chi connectivity index (χ2v) is 3.15. The summed E-state index contributed by atoms with van der Waals surface area (Å²) >= 11 is 0. The van der Waals surface area contributed by atoms with Crippen LogP contribution in [0, 0.1) is 11.8 Å². The van der Waals surface area contributed by atoms with E-state index in [-0.39, 0.29) is 11.8 Å². The highest BCUT2D eigenvalue weighted by Crippen LogP contribution is 2.16. The first-order chi connectivity index (χ1) is 5.13. The van der Waals surface area contributed by atoms with Gasteiger partial charge in [0.15, 0.2) is 0 Å². The Morgan fingerprint density at radius 1 is 1.55 bits per heavy atom. The van der Waals surface area contributed by atoms with Gasteiger partial charge < -0.3 is 0 Å². The van der Waals surface area contributed by atoms with Gasteiger partial charge in [-0.3, -0.25) is 10.2 Å². The summed E-state index contributed by atoms with van der Waals surface area (Å²) in [4.78, 5) is 11.1. The largest absolute Gasteiger partial charge is 0.294 e. The van der Waals surface area contributed by atoms with Gasteiger partial charge in [0.25, 0.3) is 0 Å². The topological polar surface area (TPSA) is 55.1 Å². The molecule has 0 aromatic heterocycles. The van der Waals surface area contributed by atoms with Crippen molar-refractivity contribution in [1.29, 1.82) is 0 Å². The molecule has 0 radical (unpaired) electrons. The van der Waals surface area contributed by atoms with Gasteiger partial charge in [0.2, 0.25) is 5.91 Å². The van der Waals surface area contributed by atoms with Crippen LogP contribution in [-0.4, -0.2) is 5.91 Å². The van der Waals surface area contributed by atoms with Crippen molar-refractivity contribution in [3.8, 4) is 0 Å². The van der Waals surface area contributed by atoms with Gasteiger partial charge in [-0.05, 0) is 12.3 Å². The molecule has 0 fully saturated rings. The van der Waals surface area contributed by atoms with E-state index >= 15 is 0 Å². The third-order valence-electron chi connectivity index (χ3n) is 1.88. The summed E-state index contributed by atoms with van der Waals surface area (Å²) in [5.74, 6) is 5.45. The fourth-order valence-corrected chi connectivity index (χ4v) is 1.19. The van der Waals surface area contributed by atoms with Crippen molar-refractivity contribution in [3.63, 3.8) is 0 Å². The van der Waals surface area contributed by atoms with Crippen molar-refractivity contribution in [3.05, 3.63) is 0 Å². The zero-order valence-electron chi connectivity index (χ0n) is 7.55. The first kappa shape index (κ1) is 10.4. The average molecular weight is 158 g/mol. The molecule has 3 heteroatoms. The SMILES string of the molecule is CCCC(C(=O)NN)C(C)C. The first-order valence-electron chi connectivity index (χ1n) is 4.13. The van der Waals surface area contributed by atoms with Crippen molar-refractivity contribution in [2.75, 3.05) is 0 Å². The highest BCUT2D eigenvalue weighted by Gasteiger charge is 2.19. The molecule has 0 saturated heterocycles. The van der Waals surface area contributed by atoms with Crippen molar-refractivity contribution in [2.24, 2.45) is 17.7 Å². The van der Waals surface area contributed by atoms with Crippen LogP contribution in [-0.2, 0) is 4.79 Å². The lowest BCUT2D eigenvalue weighted by Crippen LogP contribution is -2.37. The third kappa shape index (κ3) is 3.37. The predicted octanol–water partition coefficient (Wildman–Crippen LogP) is 1.05. The minimum Gasteiger partial charge on any atom is -0.294 e. The van der Waals surface area contributed by atoms with Crippen LogP contribution in [0.4, 0.5) is 0 Å². The molecule has 3 N–H and O–H groups in total. The Labute approximate surface area is 68.3 Å². The highest BCUT2D eigenvalue weighted by atomic mass is 16.2. The van der Waals surface area contributed by atoms with Crippen LogP contribution >= 0.6 is 0 Å². The van der Waals surface area contributed by atoms with Crippen molar-refractivity contribution in [1.82, 2.24) is 5.43 Å². The smallest absolute Gasteiger partial charge is 0.237 e. The molecule has 0 aliphatic rings. The average Bonchev–Trinajstić information content (AvgIpc) is 1.98. The van der Waals surface area contributed by atoms with E-state index in [1.807, 2.05) is 13.8 Å². The highest BCUT2D eigenvalue weighted by molar-refractivity contribution is 5.78. The molecule has 1 atom stereocenters. The molecule has 1 unspecified atom stereocenters. The number of rotatable bonds is 4. The van der Waals surface area contributed by atoms with Gasteiger partial charge >= 0.3 is 0 Å².